The summed E-state index contributed by atoms with van der Waals surface area (Å²) in [5, 5.41) is 9.51. The minimum absolute atomic E-state index is 0.160. The van der Waals surface area contributed by atoms with Crippen molar-refractivity contribution < 1.29 is 14.4 Å². The van der Waals surface area contributed by atoms with Gasteiger partial charge in [-0.25, -0.2) is 4.90 Å². The molecule has 0 unspecified atom stereocenters. The lowest BCUT2D eigenvalue weighted by Gasteiger charge is -2.27. The van der Waals surface area contributed by atoms with Crippen LogP contribution in [-0.4, -0.2) is 17.6 Å². The number of anilines is 1. The molecule has 0 N–H and O–H groups in total. The quantitative estimate of drug-likeness (QED) is 0.150. The second kappa shape index (κ2) is 9.09. The summed E-state index contributed by atoms with van der Waals surface area (Å²) in [4.78, 5) is 41.5. The number of hydrogen-bond donors (Lipinski definition) is 0. The molecule has 6 nitrogen and oxygen atoms in total. The van der Waals surface area contributed by atoms with Gasteiger partial charge in [0.2, 0.25) is 0 Å². The second-order valence-corrected chi connectivity index (χ2v) is 8.58. The Bertz CT molecular complexity index is 1690. The first-order valence-electron chi connectivity index (χ1n) is 11.7. The van der Waals surface area contributed by atoms with Crippen LogP contribution in [-0.2, 0) is 0 Å². The Morgan fingerprint density at radius 1 is 0.568 bits per heavy atom. The van der Waals surface area contributed by atoms with Crippen molar-refractivity contribution in [3.05, 3.63) is 138 Å². The molecule has 1 heterocycles. The van der Waals surface area contributed by atoms with E-state index in [4.69, 9.17) is 0 Å². The number of hydrogen-bond acceptors (Lipinski definition) is 5. The average Bonchev–Trinajstić information content (AvgIpc) is 2.96. The van der Waals surface area contributed by atoms with Crippen molar-refractivity contribution >= 4 is 45.4 Å². The Balaban J connectivity index is 1.36. The Morgan fingerprint density at radius 2 is 1.16 bits per heavy atom. The predicted octanol–water partition coefficient (Wildman–Crippen LogP) is 7.29. The highest BCUT2D eigenvalue weighted by Crippen LogP contribution is 2.35. The lowest BCUT2D eigenvalue weighted by molar-refractivity contribution is 0.0892. The number of ketones is 1. The van der Waals surface area contributed by atoms with Crippen LogP contribution in [0.3, 0.4) is 0 Å². The van der Waals surface area contributed by atoms with Crippen LogP contribution in [0.4, 0.5) is 17.1 Å². The van der Waals surface area contributed by atoms with Crippen molar-refractivity contribution in [1.29, 1.82) is 0 Å². The molecule has 0 fully saturated rings. The molecule has 0 radical (unpaired) electrons. The van der Waals surface area contributed by atoms with E-state index in [1.165, 1.54) is 0 Å². The molecule has 0 saturated heterocycles. The predicted molar refractivity (Wildman–Crippen MR) is 142 cm³/mol. The van der Waals surface area contributed by atoms with Gasteiger partial charge in [-0.1, -0.05) is 60.7 Å². The van der Waals surface area contributed by atoms with Gasteiger partial charge in [-0.05, 0) is 60.0 Å². The highest BCUT2D eigenvalue weighted by molar-refractivity contribution is 6.37. The molecule has 0 bridgehead atoms. The zero-order chi connectivity index (χ0) is 25.4. The smallest absolute Gasteiger partial charge is 0.265 e. The van der Waals surface area contributed by atoms with Crippen LogP contribution in [0.1, 0.15) is 36.6 Å². The molecular weight excluding hydrogens is 462 g/mol. The van der Waals surface area contributed by atoms with E-state index in [0.717, 1.165) is 10.6 Å². The normalized spacial score (nSPS) is 12.9. The summed E-state index contributed by atoms with van der Waals surface area (Å²) in [7, 11) is 0. The monoisotopic (exact) mass is 481 g/mol. The van der Waals surface area contributed by atoms with Crippen LogP contribution in [0.15, 0.2) is 125 Å². The van der Waals surface area contributed by atoms with Crippen molar-refractivity contribution in [2.45, 2.75) is 0 Å². The second-order valence-electron chi connectivity index (χ2n) is 8.58. The standard InChI is InChI=1S/C31H19N3O3/c35-29(20-8-3-1-4-9-20)25-18-19-27-28-24(25)12-7-13-26(28)30(36)34(31(27)37)23-16-14-22(15-17-23)33-32-21-10-5-2-6-11-21/h1-19H. The maximum absolute atomic E-state index is 13.5. The Labute approximate surface area is 212 Å². The van der Waals surface area contributed by atoms with Gasteiger partial charge >= 0.3 is 0 Å². The van der Waals surface area contributed by atoms with Gasteiger partial charge < -0.3 is 0 Å². The molecule has 6 rings (SSSR count). The third-order valence-corrected chi connectivity index (χ3v) is 6.33. The number of rotatable bonds is 5. The molecule has 1 aliphatic heterocycles. The first kappa shape index (κ1) is 22.2. The third kappa shape index (κ3) is 3.90. The Morgan fingerprint density at radius 3 is 1.84 bits per heavy atom. The summed E-state index contributed by atoms with van der Waals surface area (Å²) in [6.45, 7) is 0. The maximum Gasteiger partial charge on any atom is 0.265 e. The Kier molecular flexibility index (Phi) is 5.47. The van der Waals surface area contributed by atoms with Gasteiger partial charge in [-0.2, -0.15) is 10.2 Å². The highest BCUT2D eigenvalue weighted by atomic mass is 16.2. The molecule has 5 aromatic carbocycles. The molecule has 1 aliphatic rings. The van der Waals surface area contributed by atoms with Gasteiger partial charge in [0.15, 0.2) is 5.78 Å². The molecule has 0 aromatic heterocycles. The van der Waals surface area contributed by atoms with E-state index in [1.807, 2.05) is 36.4 Å². The van der Waals surface area contributed by atoms with E-state index >= 15 is 0 Å². The number of carbonyl (C=O) groups excluding carboxylic acids is 3. The van der Waals surface area contributed by atoms with E-state index in [2.05, 4.69) is 10.2 Å². The van der Waals surface area contributed by atoms with Crippen molar-refractivity contribution in [2.75, 3.05) is 4.90 Å². The van der Waals surface area contributed by atoms with Gasteiger partial charge in [0.25, 0.3) is 11.8 Å². The zero-order valence-corrected chi connectivity index (χ0v) is 19.5. The van der Waals surface area contributed by atoms with Gasteiger partial charge in [-0.15, -0.1) is 0 Å². The average molecular weight is 482 g/mol. The molecular formula is C31H19N3O3. The number of amides is 2. The van der Waals surface area contributed by atoms with E-state index in [-0.39, 0.29) is 5.78 Å². The SMILES string of the molecule is O=C(c1ccccc1)c1ccc2c3c(cccc13)C(=O)N(c1ccc(N=Nc3ccccc3)cc1)C2=O. The van der Waals surface area contributed by atoms with Crippen LogP contribution in [0.25, 0.3) is 10.8 Å². The fraction of sp³-hybridized carbons (Fsp3) is 0. The van der Waals surface area contributed by atoms with Crippen LogP contribution in [0, 0.1) is 0 Å². The molecule has 2 amide bonds. The molecule has 5 aromatic rings. The van der Waals surface area contributed by atoms with Gasteiger partial charge in [0, 0.05) is 27.6 Å². The van der Waals surface area contributed by atoms with E-state index in [9.17, 15) is 14.4 Å². The number of benzene rings is 5. The molecule has 176 valence electrons. The molecule has 37 heavy (non-hydrogen) atoms. The van der Waals surface area contributed by atoms with Crippen LogP contribution in [0.5, 0.6) is 0 Å². The number of nitrogens with zero attached hydrogens (tertiary/aromatic N) is 3. The topological polar surface area (TPSA) is 79.2 Å². The number of imide groups is 1. The van der Waals surface area contributed by atoms with E-state index in [0.29, 0.717) is 44.4 Å². The minimum Gasteiger partial charge on any atom is -0.289 e. The van der Waals surface area contributed by atoms with Crippen LogP contribution < -0.4 is 4.90 Å². The van der Waals surface area contributed by atoms with Crippen LogP contribution in [0.2, 0.25) is 0 Å². The first-order valence-corrected chi connectivity index (χ1v) is 11.7. The molecule has 0 aliphatic carbocycles. The van der Waals surface area contributed by atoms with E-state index < -0.39 is 11.8 Å². The summed E-state index contributed by atoms with van der Waals surface area (Å²) >= 11 is 0. The van der Waals surface area contributed by atoms with Crippen molar-refractivity contribution in [1.82, 2.24) is 0 Å². The van der Waals surface area contributed by atoms with Crippen molar-refractivity contribution in [2.24, 2.45) is 10.2 Å². The number of carbonyl (C=O) groups is 3. The fourth-order valence-corrected chi connectivity index (χ4v) is 4.55. The summed E-state index contributed by atoms with van der Waals surface area (Å²) in [6.07, 6.45) is 0. The van der Waals surface area contributed by atoms with Crippen LogP contribution >= 0.6 is 0 Å². The van der Waals surface area contributed by atoms with E-state index in [1.54, 1.807) is 78.9 Å². The summed E-state index contributed by atoms with van der Waals surface area (Å²) < 4.78 is 0. The fourth-order valence-electron chi connectivity index (χ4n) is 4.55. The minimum atomic E-state index is -0.439. The molecule has 0 spiro atoms. The van der Waals surface area contributed by atoms with Gasteiger partial charge in [0.05, 0.1) is 17.1 Å². The molecule has 6 heteroatoms. The molecule has 0 saturated carbocycles. The lowest BCUT2D eigenvalue weighted by atomic mass is 9.88. The zero-order valence-electron chi connectivity index (χ0n) is 19.5. The lowest BCUT2D eigenvalue weighted by Crippen LogP contribution is -2.40. The highest BCUT2D eigenvalue weighted by Gasteiger charge is 2.35. The first-order chi connectivity index (χ1) is 18.1. The van der Waals surface area contributed by atoms with Gasteiger partial charge in [-0.3, -0.25) is 14.4 Å². The summed E-state index contributed by atoms with van der Waals surface area (Å²) in [5.41, 5.74) is 3.50. The summed E-state index contributed by atoms with van der Waals surface area (Å²) in [6, 6.07) is 33.6. The third-order valence-electron chi connectivity index (χ3n) is 6.33. The van der Waals surface area contributed by atoms with Gasteiger partial charge in [0.1, 0.15) is 0 Å². The number of azo groups is 1. The van der Waals surface area contributed by atoms with Crippen molar-refractivity contribution in [3.8, 4) is 0 Å². The van der Waals surface area contributed by atoms with Crippen molar-refractivity contribution in [3.63, 3.8) is 0 Å². The maximum atomic E-state index is 13.5. The summed E-state index contributed by atoms with van der Waals surface area (Å²) in [5.74, 6) is -1.04. The largest absolute Gasteiger partial charge is 0.289 e. The molecule has 0 atom stereocenters. The Hall–Kier alpha value is -5.23.